The van der Waals surface area contributed by atoms with Gasteiger partial charge in [0.15, 0.2) is 0 Å². The number of benzene rings is 3. The summed E-state index contributed by atoms with van der Waals surface area (Å²) < 4.78 is 5.55. The second-order valence-corrected chi connectivity index (χ2v) is 5.85. The van der Waals surface area contributed by atoms with Crippen LogP contribution in [0.1, 0.15) is 11.1 Å². The first kappa shape index (κ1) is 15.2. The summed E-state index contributed by atoms with van der Waals surface area (Å²) in [6, 6.07) is 27.5. The lowest BCUT2D eigenvalue weighted by atomic mass is 10.0. The summed E-state index contributed by atoms with van der Waals surface area (Å²) in [5, 5.41) is 0.912. The van der Waals surface area contributed by atoms with Crippen molar-refractivity contribution in [3.05, 3.63) is 106 Å². The average Bonchev–Trinajstić information content (AvgIpc) is 2.67. The molecule has 4 rings (SSSR count). The van der Waals surface area contributed by atoms with E-state index in [2.05, 4.69) is 0 Å². The smallest absolute Gasteiger partial charge is 0.344 e. The van der Waals surface area contributed by atoms with E-state index in [-0.39, 0.29) is 5.63 Å². The Balaban J connectivity index is 1.73. The Bertz CT molecular complexity index is 1090. The van der Waals surface area contributed by atoms with Crippen molar-refractivity contribution in [2.45, 2.75) is 0 Å². The van der Waals surface area contributed by atoms with Gasteiger partial charge in [-0.3, -0.25) is 0 Å². The van der Waals surface area contributed by atoms with Crippen molar-refractivity contribution >= 4 is 23.1 Å². The van der Waals surface area contributed by atoms with Crippen LogP contribution in [0.3, 0.4) is 0 Å². The van der Waals surface area contributed by atoms with E-state index in [0.717, 1.165) is 22.1 Å². The maximum Gasteiger partial charge on any atom is 0.344 e. The van der Waals surface area contributed by atoms with Gasteiger partial charge in [-0.15, -0.1) is 0 Å². The topological polar surface area (TPSA) is 30.2 Å². The third kappa shape index (κ3) is 3.29. The summed E-state index contributed by atoms with van der Waals surface area (Å²) in [5.74, 6) is 0. The normalized spacial score (nSPS) is 11.2. The van der Waals surface area contributed by atoms with E-state index < -0.39 is 0 Å². The lowest BCUT2D eigenvalue weighted by molar-refractivity contribution is 0.563. The minimum absolute atomic E-state index is 0.317. The van der Waals surface area contributed by atoms with E-state index >= 15 is 0 Å². The summed E-state index contributed by atoms with van der Waals surface area (Å²) in [6.07, 6.45) is 4.05. The molecular weight excluding hydrogens is 308 g/mol. The Morgan fingerprint density at radius 3 is 2.12 bits per heavy atom. The average molecular weight is 324 g/mol. The summed E-state index contributed by atoms with van der Waals surface area (Å²) in [6.45, 7) is 0. The maximum atomic E-state index is 12.3. The Morgan fingerprint density at radius 1 is 0.680 bits per heavy atom. The van der Waals surface area contributed by atoms with Crippen LogP contribution in [0.2, 0.25) is 0 Å². The number of fused-ring (bicyclic) bond motifs is 1. The van der Waals surface area contributed by atoms with Gasteiger partial charge in [0.25, 0.3) is 0 Å². The predicted molar refractivity (Wildman–Crippen MR) is 103 cm³/mol. The van der Waals surface area contributed by atoms with Gasteiger partial charge in [0.05, 0.1) is 5.56 Å². The van der Waals surface area contributed by atoms with Crippen LogP contribution in [-0.2, 0) is 0 Å². The van der Waals surface area contributed by atoms with Gasteiger partial charge in [-0.05, 0) is 28.8 Å². The van der Waals surface area contributed by atoms with Gasteiger partial charge >= 0.3 is 5.63 Å². The molecule has 2 heteroatoms. The first-order valence-electron chi connectivity index (χ1n) is 8.16. The maximum absolute atomic E-state index is 12.3. The van der Waals surface area contributed by atoms with Crippen LogP contribution < -0.4 is 5.63 Å². The lowest BCUT2D eigenvalue weighted by Gasteiger charge is -2.03. The molecule has 0 radical (unpaired) electrons. The second-order valence-electron chi connectivity index (χ2n) is 5.85. The number of rotatable bonds is 3. The van der Waals surface area contributed by atoms with E-state index in [1.807, 2.05) is 97.1 Å². The molecular formula is C23H16O2. The molecule has 0 atom stereocenters. The van der Waals surface area contributed by atoms with Crippen LogP contribution in [-0.4, -0.2) is 0 Å². The fourth-order valence-electron chi connectivity index (χ4n) is 2.81. The van der Waals surface area contributed by atoms with Crippen molar-refractivity contribution in [1.29, 1.82) is 0 Å². The second kappa shape index (κ2) is 6.62. The van der Waals surface area contributed by atoms with Gasteiger partial charge in [0.1, 0.15) is 5.58 Å². The SMILES string of the molecule is O=c1oc2cc(C=Cc3ccccc3)ccc2cc1-c1ccccc1. The molecule has 0 aliphatic carbocycles. The van der Waals surface area contributed by atoms with Gasteiger partial charge in [-0.1, -0.05) is 84.9 Å². The summed E-state index contributed by atoms with van der Waals surface area (Å²) in [7, 11) is 0. The van der Waals surface area contributed by atoms with Crippen molar-refractivity contribution < 1.29 is 4.42 Å². The highest BCUT2D eigenvalue weighted by Gasteiger charge is 2.07. The molecule has 0 amide bonds. The molecule has 0 spiro atoms. The Morgan fingerprint density at radius 2 is 1.36 bits per heavy atom. The van der Waals surface area contributed by atoms with Crippen molar-refractivity contribution in [2.75, 3.05) is 0 Å². The quantitative estimate of drug-likeness (QED) is 0.361. The van der Waals surface area contributed by atoms with Gasteiger partial charge < -0.3 is 4.42 Å². The molecule has 0 saturated heterocycles. The first-order chi connectivity index (χ1) is 12.3. The standard InChI is InChI=1S/C23H16O2/c24-23-21(19-9-5-2-6-10-19)16-20-14-13-18(15-22(20)25-23)12-11-17-7-3-1-4-8-17/h1-16H. The molecule has 0 fully saturated rings. The molecule has 0 aliphatic heterocycles. The minimum Gasteiger partial charge on any atom is -0.422 e. The van der Waals surface area contributed by atoms with Crippen LogP contribution in [0.25, 0.3) is 34.2 Å². The zero-order valence-corrected chi connectivity index (χ0v) is 13.6. The highest BCUT2D eigenvalue weighted by atomic mass is 16.4. The van der Waals surface area contributed by atoms with Crippen LogP contribution in [0.5, 0.6) is 0 Å². The number of hydrogen-bond donors (Lipinski definition) is 0. The third-order valence-electron chi connectivity index (χ3n) is 4.11. The largest absolute Gasteiger partial charge is 0.422 e. The zero-order valence-electron chi connectivity index (χ0n) is 13.6. The van der Waals surface area contributed by atoms with Crippen molar-refractivity contribution in [3.8, 4) is 11.1 Å². The molecule has 1 aromatic heterocycles. The summed E-state index contributed by atoms with van der Waals surface area (Å²) in [5.41, 5.74) is 3.85. The van der Waals surface area contributed by atoms with E-state index in [4.69, 9.17) is 4.42 Å². The molecule has 0 N–H and O–H groups in total. The molecule has 2 nitrogen and oxygen atoms in total. The van der Waals surface area contributed by atoms with E-state index in [0.29, 0.717) is 11.1 Å². The molecule has 3 aromatic carbocycles. The molecule has 0 bridgehead atoms. The van der Waals surface area contributed by atoms with Crippen LogP contribution in [0.15, 0.2) is 94.1 Å². The lowest BCUT2D eigenvalue weighted by Crippen LogP contribution is -2.02. The first-order valence-corrected chi connectivity index (χ1v) is 8.16. The van der Waals surface area contributed by atoms with Crippen LogP contribution >= 0.6 is 0 Å². The van der Waals surface area contributed by atoms with Gasteiger partial charge in [-0.25, -0.2) is 4.79 Å². The Labute approximate surface area is 145 Å². The van der Waals surface area contributed by atoms with E-state index in [1.54, 1.807) is 0 Å². The fraction of sp³-hybridized carbons (Fsp3) is 0. The summed E-state index contributed by atoms with van der Waals surface area (Å²) in [4.78, 5) is 12.3. The Hall–Kier alpha value is -3.39. The van der Waals surface area contributed by atoms with Crippen LogP contribution in [0.4, 0.5) is 0 Å². The van der Waals surface area contributed by atoms with Crippen molar-refractivity contribution in [3.63, 3.8) is 0 Å². The molecule has 25 heavy (non-hydrogen) atoms. The van der Waals surface area contributed by atoms with Crippen molar-refractivity contribution in [1.82, 2.24) is 0 Å². The van der Waals surface area contributed by atoms with E-state index in [1.165, 1.54) is 0 Å². The van der Waals surface area contributed by atoms with Gasteiger partial charge in [0, 0.05) is 5.39 Å². The Kier molecular flexibility index (Phi) is 4.01. The highest BCUT2D eigenvalue weighted by Crippen LogP contribution is 2.22. The molecule has 0 aliphatic rings. The summed E-state index contributed by atoms with van der Waals surface area (Å²) >= 11 is 0. The molecule has 1 heterocycles. The number of hydrogen-bond acceptors (Lipinski definition) is 2. The van der Waals surface area contributed by atoms with Crippen LogP contribution in [0, 0.1) is 0 Å². The monoisotopic (exact) mass is 324 g/mol. The van der Waals surface area contributed by atoms with Gasteiger partial charge in [-0.2, -0.15) is 0 Å². The zero-order chi connectivity index (χ0) is 17.1. The molecule has 120 valence electrons. The highest BCUT2D eigenvalue weighted by molar-refractivity contribution is 5.84. The minimum atomic E-state index is -0.317. The fourth-order valence-corrected chi connectivity index (χ4v) is 2.81. The van der Waals surface area contributed by atoms with Crippen molar-refractivity contribution in [2.24, 2.45) is 0 Å². The molecule has 0 unspecified atom stereocenters. The van der Waals surface area contributed by atoms with E-state index in [9.17, 15) is 4.79 Å². The predicted octanol–water partition coefficient (Wildman–Crippen LogP) is 5.63. The van der Waals surface area contributed by atoms with Gasteiger partial charge in [0.2, 0.25) is 0 Å². The third-order valence-corrected chi connectivity index (χ3v) is 4.11. The molecule has 4 aromatic rings. The molecule has 0 saturated carbocycles.